The topological polar surface area (TPSA) is 130 Å². The molecule has 9 nitrogen and oxygen atoms in total. The number of phenols is 1. The highest BCUT2D eigenvalue weighted by molar-refractivity contribution is 7.92. The lowest BCUT2D eigenvalue weighted by Gasteiger charge is -2.24. The molecular weight excluding hydrogens is 458 g/mol. The number of aromatic nitrogens is 2. The zero-order valence-electron chi connectivity index (χ0n) is 19.4. The maximum absolute atomic E-state index is 12.4. The normalized spacial score (nSPS) is 11.4. The first-order chi connectivity index (χ1) is 15.8. The van der Waals surface area contributed by atoms with Gasteiger partial charge in [0.15, 0.2) is 0 Å². The molecule has 1 aromatic heterocycles. The monoisotopic (exact) mass is 483 g/mol. The Labute approximate surface area is 197 Å². The van der Waals surface area contributed by atoms with Gasteiger partial charge in [0.2, 0.25) is 10.0 Å². The van der Waals surface area contributed by atoms with Crippen LogP contribution in [0, 0.1) is 11.8 Å². The van der Waals surface area contributed by atoms with Gasteiger partial charge in [-0.25, -0.2) is 17.8 Å². The van der Waals surface area contributed by atoms with Crippen molar-refractivity contribution in [3.8, 4) is 29.0 Å². The Kier molecular flexibility index (Phi) is 6.61. The van der Waals surface area contributed by atoms with Crippen molar-refractivity contribution in [2.24, 2.45) is 0 Å². The third-order valence-corrected chi connectivity index (χ3v) is 5.44. The summed E-state index contributed by atoms with van der Waals surface area (Å²) in [5, 5.41) is 10.3. The Morgan fingerprint density at radius 2 is 1.74 bits per heavy atom. The predicted octanol–water partition coefficient (Wildman–Crippen LogP) is 2.31. The van der Waals surface area contributed by atoms with Gasteiger partial charge in [-0.2, -0.15) is 0 Å². The molecular formula is C24H25N3O6S. The molecule has 0 aliphatic carbocycles. The molecule has 0 saturated carbocycles. The van der Waals surface area contributed by atoms with E-state index in [9.17, 15) is 23.1 Å². The van der Waals surface area contributed by atoms with Crippen molar-refractivity contribution >= 4 is 15.7 Å². The summed E-state index contributed by atoms with van der Waals surface area (Å²) in [6, 6.07) is 8.73. The van der Waals surface area contributed by atoms with Gasteiger partial charge in [0.1, 0.15) is 11.5 Å². The molecule has 0 fully saturated rings. The fraction of sp³-hybridized carbons (Fsp3) is 0.250. The van der Waals surface area contributed by atoms with Crippen LogP contribution in [0.4, 0.5) is 5.69 Å². The van der Waals surface area contributed by atoms with Crippen LogP contribution in [0.3, 0.4) is 0 Å². The molecule has 178 valence electrons. The van der Waals surface area contributed by atoms with Gasteiger partial charge in [-0.15, -0.1) is 0 Å². The summed E-state index contributed by atoms with van der Waals surface area (Å²) in [5.41, 5.74) is 0.383. The average Bonchev–Trinajstić information content (AvgIpc) is 2.71. The van der Waals surface area contributed by atoms with Crippen LogP contribution in [0.2, 0.25) is 0 Å². The second-order valence-corrected chi connectivity index (χ2v) is 10.4. The Hall–Kier alpha value is -3.97. The minimum Gasteiger partial charge on any atom is -0.507 e. The molecule has 3 N–H and O–H groups in total. The molecule has 1 heterocycles. The van der Waals surface area contributed by atoms with Gasteiger partial charge < -0.3 is 14.8 Å². The number of anilines is 1. The first-order valence-electron chi connectivity index (χ1n) is 10.2. The highest BCUT2D eigenvalue weighted by Gasteiger charge is 2.23. The smallest absolute Gasteiger partial charge is 0.332 e. The number of aromatic hydroxyl groups is 1. The number of hydrogen-bond donors (Lipinski definition) is 3. The van der Waals surface area contributed by atoms with E-state index in [-0.39, 0.29) is 17.0 Å². The maximum atomic E-state index is 12.4. The number of rotatable bonds is 4. The molecule has 0 atom stereocenters. The Balaban J connectivity index is 2.21. The number of nitrogens with zero attached hydrogens (tertiary/aromatic N) is 1. The molecule has 0 saturated heterocycles. The minimum atomic E-state index is -3.50. The van der Waals surface area contributed by atoms with Gasteiger partial charge in [-0.05, 0) is 29.7 Å². The highest BCUT2D eigenvalue weighted by Crippen LogP contribution is 2.35. The van der Waals surface area contributed by atoms with Gasteiger partial charge in [0.05, 0.1) is 35.9 Å². The van der Waals surface area contributed by atoms with Crippen molar-refractivity contribution in [3.05, 3.63) is 80.1 Å². The van der Waals surface area contributed by atoms with E-state index in [4.69, 9.17) is 4.74 Å². The fourth-order valence-corrected chi connectivity index (χ4v) is 3.89. The van der Waals surface area contributed by atoms with Crippen molar-refractivity contribution in [1.82, 2.24) is 9.55 Å². The SMILES string of the molecule is COc1c(C#Cc2ccc(NS(C)(=O)=O)cc2O)cc(-n2c(=O)cc[nH]c2=O)cc1C(C)(C)C. The molecule has 3 rings (SSSR count). The van der Waals surface area contributed by atoms with E-state index < -0.39 is 26.7 Å². The van der Waals surface area contributed by atoms with Crippen LogP contribution in [0.15, 0.2) is 52.2 Å². The van der Waals surface area contributed by atoms with Crippen LogP contribution >= 0.6 is 0 Å². The number of hydrogen-bond acceptors (Lipinski definition) is 6. The molecule has 2 aromatic carbocycles. The number of H-pyrrole nitrogens is 1. The summed E-state index contributed by atoms with van der Waals surface area (Å²) in [6.07, 6.45) is 2.29. The summed E-state index contributed by atoms with van der Waals surface area (Å²) in [6.45, 7) is 5.88. The molecule has 3 aromatic rings. The van der Waals surface area contributed by atoms with Crippen molar-refractivity contribution in [2.75, 3.05) is 18.1 Å². The molecule has 0 radical (unpaired) electrons. The standard InChI is InChI=1S/C24H25N3O6S/c1-24(2,3)19-14-18(27-21(29)10-11-25-23(27)30)12-16(22(19)33-4)7-6-15-8-9-17(13-20(15)28)26-34(5,31)32/h8-14,26,28H,1-5H3,(H,25,30). The lowest BCUT2D eigenvalue weighted by atomic mass is 9.84. The molecule has 0 unspecified atom stereocenters. The maximum Gasteiger partial charge on any atom is 0.332 e. The summed E-state index contributed by atoms with van der Waals surface area (Å²) in [4.78, 5) is 27.3. The lowest BCUT2D eigenvalue weighted by Crippen LogP contribution is -2.32. The first kappa shape index (κ1) is 24.7. The van der Waals surface area contributed by atoms with Crippen LogP contribution in [-0.2, 0) is 15.4 Å². The van der Waals surface area contributed by atoms with Crippen LogP contribution in [0.25, 0.3) is 5.69 Å². The van der Waals surface area contributed by atoms with E-state index in [0.717, 1.165) is 16.4 Å². The molecule has 0 spiro atoms. The average molecular weight is 484 g/mol. The zero-order valence-corrected chi connectivity index (χ0v) is 20.2. The molecule has 10 heteroatoms. The molecule has 0 aliphatic rings. The van der Waals surface area contributed by atoms with Gasteiger partial charge in [-0.3, -0.25) is 9.52 Å². The Morgan fingerprint density at radius 1 is 1.06 bits per heavy atom. The Morgan fingerprint density at radius 3 is 2.29 bits per heavy atom. The quantitative estimate of drug-likeness (QED) is 0.488. The van der Waals surface area contributed by atoms with Crippen molar-refractivity contribution in [1.29, 1.82) is 0 Å². The summed E-state index contributed by atoms with van der Waals surface area (Å²) in [5.74, 6) is 6.05. The van der Waals surface area contributed by atoms with Gasteiger partial charge in [0.25, 0.3) is 5.56 Å². The van der Waals surface area contributed by atoms with E-state index in [1.165, 1.54) is 37.6 Å². The number of nitrogens with one attached hydrogen (secondary N) is 2. The highest BCUT2D eigenvalue weighted by atomic mass is 32.2. The summed E-state index contributed by atoms with van der Waals surface area (Å²) >= 11 is 0. The van der Waals surface area contributed by atoms with Crippen LogP contribution in [0.5, 0.6) is 11.5 Å². The van der Waals surface area contributed by atoms with Crippen molar-refractivity contribution in [2.45, 2.75) is 26.2 Å². The summed E-state index contributed by atoms with van der Waals surface area (Å²) in [7, 11) is -2.00. The molecule has 0 bridgehead atoms. The third kappa shape index (κ3) is 5.50. The number of benzene rings is 2. The second-order valence-electron chi connectivity index (χ2n) is 8.64. The van der Waals surface area contributed by atoms with E-state index in [2.05, 4.69) is 21.5 Å². The van der Waals surface area contributed by atoms with E-state index in [1.807, 2.05) is 20.8 Å². The Bertz CT molecular complexity index is 1510. The van der Waals surface area contributed by atoms with E-state index in [0.29, 0.717) is 17.0 Å². The number of sulfonamides is 1. The first-order valence-corrected chi connectivity index (χ1v) is 12.1. The molecule has 0 aliphatic heterocycles. The second kappa shape index (κ2) is 9.11. The van der Waals surface area contributed by atoms with Crippen molar-refractivity contribution < 1.29 is 18.3 Å². The number of aromatic amines is 1. The van der Waals surface area contributed by atoms with Crippen molar-refractivity contribution in [3.63, 3.8) is 0 Å². The predicted molar refractivity (Wildman–Crippen MR) is 130 cm³/mol. The van der Waals surface area contributed by atoms with E-state index >= 15 is 0 Å². The number of methoxy groups -OCH3 is 1. The molecule has 34 heavy (non-hydrogen) atoms. The minimum absolute atomic E-state index is 0.197. The fourth-order valence-electron chi connectivity index (χ4n) is 3.33. The van der Waals surface area contributed by atoms with E-state index in [1.54, 1.807) is 12.1 Å². The van der Waals surface area contributed by atoms with Gasteiger partial charge in [0, 0.05) is 23.9 Å². The van der Waals surface area contributed by atoms with Crippen LogP contribution < -0.4 is 20.7 Å². The van der Waals surface area contributed by atoms with Crippen LogP contribution in [-0.4, -0.2) is 36.4 Å². The number of phenolic OH excluding ortho intramolecular Hbond substituents is 1. The van der Waals surface area contributed by atoms with Crippen LogP contribution in [0.1, 0.15) is 37.5 Å². The molecule has 0 amide bonds. The summed E-state index contributed by atoms with van der Waals surface area (Å²) < 4.78 is 31.7. The third-order valence-electron chi connectivity index (χ3n) is 4.83. The lowest BCUT2D eigenvalue weighted by molar-refractivity contribution is 0.396. The largest absolute Gasteiger partial charge is 0.507 e. The zero-order chi connectivity index (χ0) is 25.3. The van der Waals surface area contributed by atoms with Gasteiger partial charge >= 0.3 is 5.69 Å². The number of ether oxygens (including phenoxy) is 1. The van der Waals surface area contributed by atoms with Gasteiger partial charge in [-0.1, -0.05) is 32.6 Å².